The molecule has 1 heterocycles. The van der Waals surface area contributed by atoms with Crippen LogP contribution in [-0.2, 0) is 6.42 Å². The first-order valence-electron chi connectivity index (χ1n) is 7.71. The average Bonchev–Trinajstić information content (AvgIpc) is 2.93. The highest BCUT2D eigenvalue weighted by Crippen LogP contribution is 2.57. The molecule has 0 bridgehead atoms. The highest BCUT2D eigenvalue weighted by molar-refractivity contribution is 5.09. The molecule has 2 saturated carbocycles. The number of hydrazine groups is 1. The minimum atomic E-state index is 0.406. The number of nitrogens with one attached hydrogen (secondary N) is 1. The van der Waals surface area contributed by atoms with Crippen LogP contribution in [0.1, 0.15) is 51.3 Å². The van der Waals surface area contributed by atoms with E-state index < -0.39 is 0 Å². The minimum Gasteiger partial charge on any atom is -0.271 e. The Morgan fingerprint density at radius 2 is 2.05 bits per heavy atom. The fourth-order valence-corrected chi connectivity index (χ4v) is 3.95. The maximum absolute atomic E-state index is 5.80. The Balaban J connectivity index is 1.63. The molecule has 0 spiro atoms. The van der Waals surface area contributed by atoms with E-state index in [0.717, 1.165) is 24.2 Å². The van der Waals surface area contributed by atoms with Crippen LogP contribution in [0.15, 0.2) is 12.3 Å². The monoisotopic (exact) mass is 262 g/mol. The van der Waals surface area contributed by atoms with Gasteiger partial charge in [0.05, 0.1) is 5.69 Å². The van der Waals surface area contributed by atoms with E-state index >= 15 is 0 Å². The third kappa shape index (κ3) is 2.56. The van der Waals surface area contributed by atoms with Gasteiger partial charge in [-0.3, -0.25) is 16.0 Å². The van der Waals surface area contributed by atoms with Gasteiger partial charge in [-0.25, -0.2) is 0 Å². The van der Waals surface area contributed by atoms with Crippen LogP contribution in [0.5, 0.6) is 0 Å². The van der Waals surface area contributed by atoms with E-state index in [1.54, 1.807) is 0 Å². The lowest BCUT2D eigenvalue weighted by Gasteiger charge is -2.15. The molecule has 2 aliphatic rings. The number of nitrogens with zero attached hydrogens (tertiary/aromatic N) is 2. The summed E-state index contributed by atoms with van der Waals surface area (Å²) in [5.41, 5.74) is 4.23. The highest BCUT2D eigenvalue weighted by Gasteiger charge is 2.53. The maximum Gasteiger partial charge on any atom is 0.0640 e. The van der Waals surface area contributed by atoms with Crippen LogP contribution in [0.25, 0.3) is 0 Å². The summed E-state index contributed by atoms with van der Waals surface area (Å²) in [5.74, 6) is 8.45. The largest absolute Gasteiger partial charge is 0.271 e. The second-order valence-electron chi connectivity index (χ2n) is 6.55. The quantitative estimate of drug-likeness (QED) is 0.632. The molecule has 0 amide bonds. The van der Waals surface area contributed by atoms with E-state index in [-0.39, 0.29) is 0 Å². The summed E-state index contributed by atoms with van der Waals surface area (Å²) < 4.78 is 2.03. The van der Waals surface area contributed by atoms with E-state index in [1.165, 1.54) is 31.4 Å². The number of fused-ring (bicyclic) bond motifs is 1. The number of rotatable bonds is 5. The van der Waals surface area contributed by atoms with Gasteiger partial charge in [0.15, 0.2) is 0 Å². The van der Waals surface area contributed by atoms with Crippen molar-refractivity contribution in [2.24, 2.45) is 23.6 Å². The van der Waals surface area contributed by atoms with Crippen LogP contribution >= 0.6 is 0 Å². The van der Waals surface area contributed by atoms with Gasteiger partial charge in [-0.2, -0.15) is 5.10 Å². The summed E-state index contributed by atoms with van der Waals surface area (Å²) in [6.45, 7) is 4.32. The normalized spacial score (nSPS) is 31.3. The minimum absolute atomic E-state index is 0.406. The SMILES string of the molecule is CC(C)n1ccc(CC(NN)C2C3CCCCC32)n1. The topological polar surface area (TPSA) is 55.9 Å². The fraction of sp³-hybridized carbons (Fsp3) is 0.800. The van der Waals surface area contributed by atoms with Gasteiger partial charge in [0.25, 0.3) is 0 Å². The Kier molecular flexibility index (Phi) is 3.63. The van der Waals surface area contributed by atoms with Crippen molar-refractivity contribution in [3.05, 3.63) is 18.0 Å². The van der Waals surface area contributed by atoms with Gasteiger partial charge in [-0.05, 0) is 50.5 Å². The Morgan fingerprint density at radius 1 is 1.37 bits per heavy atom. The van der Waals surface area contributed by atoms with Gasteiger partial charge >= 0.3 is 0 Å². The van der Waals surface area contributed by atoms with Gasteiger partial charge in [-0.1, -0.05) is 12.8 Å². The van der Waals surface area contributed by atoms with Crippen molar-refractivity contribution in [2.45, 2.75) is 58.0 Å². The van der Waals surface area contributed by atoms with E-state index in [0.29, 0.717) is 12.1 Å². The second-order valence-corrected chi connectivity index (χ2v) is 6.55. The Hall–Kier alpha value is -0.870. The third-order valence-corrected chi connectivity index (χ3v) is 5.02. The van der Waals surface area contributed by atoms with E-state index in [2.05, 4.69) is 36.6 Å². The number of nitrogens with two attached hydrogens (primary N) is 1. The summed E-state index contributed by atoms with van der Waals surface area (Å²) in [4.78, 5) is 0. The molecule has 2 fully saturated rings. The molecule has 19 heavy (non-hydrogen) atoms. The Labute approximate surface area is 115 Å². The molecule has 3 N–H and O–H groups in total. The molecule has 0 aliphatic heterocycles. The molecule has 3 rings (SSSR count). The zero-order valence-corrected chi connectivity index (χ0v) is 12.0. The van der Waals surface area contributed by atoms with Crippen molar-refractivity contribution < 1.29 is 0 Å². The number of hydrogen-bond acceptors (Lipinski definition) is 3. The van der Waals surface area contributed by atoms with Crippen LogP contribution in [0.4, 0.5) is 0 Å². The van der Waals surface area contributed by atoms with E-state index in [9.17, 15) is 0 Å². The second kappa shape index (κ2) is 5.25. The lowest BCUT2D eigenvalue weighted by molar-refractivity contribution is 0.428. The van der Waals surface area contributed by atoms with Gasteiger partial charge in [0, 0.05) is 24.7 Å². The lowest BCUT2D eigenvalue weighted by atomic mass is 10.0. The average molecular weight is 262 g/mol. The number of aromatic nitrogens is 2. The summed E-state index contributed by atoms with van der Waals surface area (Å²) in [5, 5.41) is 4.65. The molecule has 0 saturated heterocycles. The van der Waals surface area contributed by atoms with Crippen molar-refractivity contribution in [1.29, 1.82) is 0 Å². The van der Waals surface area contributed by atoms with Crippen molar-refractivity contribution in [1.82, 2.24) is 15.2 Å². The first kappa shape index (κ1) is 13.1. The molecule has 2 aliphatic carbocycles. The van der Waals surface area contributed by atoms with E-state index in [1.807, 2.05) is 4.68 Å². The molecule has 4 heteroatoms. The van der Waals surface area contributed by atoms with Crippen LogP contribution < -0.4 is 11.3 Å². The molecule has 3 atom stereocenters. The van der Waals surface area contributed by atoms with Crippen LogP contribution in [0.2, 0.25) is 0 Å². The molecular weight excluding hydrogens is 236 g/mol. The van der Waals surface area contributed by atoms with Gasteiger partial charge in [0.1, 0.15) is 0 Å². The summed E-state index contributed by atoms with van der Waals surface area (Å²) in [6.07, 6.45) is 8.69. The van der Waals surface area contributed by atoms with Gasteiger partial charge < -0.3 is 0 Å². The molecule has 1 aromatic heterocycles. The zero-order chi connectivity index (χ0) is 13.4. The first-order valence-corrected chi connectivity index (χ1v) is 7.71. The molecule has 1 aromatic rings. The molecule has 3 unspecified atom stereocenters. The van der Waals surface area contributed by atoms with Gasteiger partial charge in [0.2, 0.25) is 0 Å². The fourth-order valence-electron chi connectivity index (χ4n) is 3.95. The lowest BCUT2D eigenvalue weighted by Crippen LogP contribution is -2.39. The molecule has 0 radical (unpaired) electrons. The van der Waals surface area contributed by atoms with Gasteiger partial charge in [-0.15, -0.1) is 0 Å². The van der Waals surface area contributed by atoms with Crippen molar-refractivity contribution in [3.63, 3.8) is 0 Å². The summed E-state index contributed by atoms with van der Waals surface area (Å²) >= 11 is 0. The summed E-state index contributed by atoms with van der Waals surface area (Å²) in [6, 6.07) is 2.97. The Morgan fingerprint density at radius 3 is 2.58 bits per heavy atom. The molecule has 106 valence electrons. The molecule has 4 nitrogen and oxygen atoms in total. The van der Waals surface area contributed by atoms with Crippen molar-refractivity contribution in [3.8, 4) is 0 Å². The van der Waals surface area contributed by atoms with E-state index in [4.69, 9.17) is 5.84 Å². The standard InChI is InChI=1S/C15H26N4/c1-10(2)19-8-7-11(18-19)9-14(17-16)15-12-5-3-4-6-13(12)15/h7-8,10,12-15,17H,3-6,9,16H2,1-2H3. The first-order chi connectivity index (χ1) is 9.20. The van der Waals surface area contributed by atoms with Crippen LogP contribution in [-0.4, -0.2) is 15.8 Å². The third-order valence-electron chi connectivity index (χ3n) is 5.02. The zero-order valence-electron chi connectivity index (χ0n) is 12.0. The predicted molar refractivity (Wildman–Crippen MR) is 76.4 cm³/mol. The predicted octanol–water partition coefficient (Wildman–Crippen LogP) is 2.27. The smallest absolute Gasteiger partial charge is 0.0640 e. The highest BCUT2D eigenvalue weighted by atomic mass is 15.3. The molecular formula is C15H26N4. The number of hydrogen-bond donors (Lipinski definition) is 2. The summed E-state index contributed by atoms with van der Waals surface area (Å²) in [7, 11) is 0. The molecule has 0 aromatic carbocycles. The van der Waals surface area contributed by atoms with Crippen LogP contribution in [0.3, 0.4) is 0 Å². The van der Waals surface area contributed by atoms with Crippen molar-refractivity contribution >= 4 is 0 Å². The Bertz CT molecular complexity index is 414. The van der Waals surface area contributed by atoms with Crippen LogP contribution in [0, 0.1) is 17.8 Å². The maximum atomic E-state index is 5.80. The van der Waals surface area contributed by atoms with Crippen molar-refractivity contribution in [2.75, 3.05) is 0 Å².